The Kier molecular flexibility index (Phi) is 8.13. The topological polar surface area (TPSA) is 87.2 Å². The molecule has 8 heteroatoms. The van der Waals surface area contributed by atoms with Crippen LogP contribution in [0.5, 0.6) is 0 Å². The molecule has 3 fully saturated rings. The smallest absolute Gasteiger partial charge is 0.311 e. The lowest BCUT2D eigenvalue weighted by atomic mass is 9.66. The predicted molar refractivity (Wildman–Crippen MR) is 134 cm³/mol. The van der Waals surface area contributed by atoms with Crippen LogP contribution >= 0.6 is 11.8 Å². The maximum atomic E-state index is 14.4. The number of amides is 2. The molecule has 2 amide bonds. The van der Waals surface area contributed by atoms with E-state index in [0.29, 0.717) is 13.0 Å². The van der Waals surface area contributed by atoms with Gasteiger partial charge in [-0.05, 0) is 46.0 Å². The number of nitrogens with zero attached hydrogens (tertiary/aromatic N) is 2. The third kappa shape index (κ3) is 4.08. The van der Waals surface area contributed by atoms with Gasteiger partial charge in [0.1, 0.15) is 6.04 Å². The minimum absolute atomic E-state index is 0.00503. The summed E-state index contributed by atoms with van der Waals surface area (Å²) < 4.78 is 4.29. The number of aliphatic hydroxyl groups is 1. The molecule has 0 radical (unpaired) electrons. The Morgan fingerprint density at radius 3 is 2.53 bits per heavy atom. The van der Waals surface area contributed by atoms with Gasteiger partial charge in [0, 0.05) is 17.3 Å². The molecule has 0 aliphatic carbocycles. The van der Waals surface area contributed by atoms with Crippen LogP contribution in [0.25, 0.3) is 0 Å². The number of carbonyl (C=O) groups is 3. The van der Waals surface area contributed by atoms with E-state index in [9.17, 15) is 19.5 Å². The van der Waals surface area contributed by atoms with Gasteiger partial charge in [0.2, 0.25) is 11.8 Å². The van der Waals surface area contributed by atoms with Crippen LogP contribution in [0.15, 0.2) is 12.7 Å². The van der Waals surface area contributed by atoms with Crippen molar-refractivity contribution in [2.24, 2.45) is 17.8 Å². The number of aliphatic hydroxyl groups excluding tert-OH is 1. The summed E-state index contributed by atoms with van der Waals surface area (Å²) in [7, 11) is 0. The zero-order chi connectivity index (χ0) is 25.4. The fourth-order valence-electron chi connectivity index (χ4n) is 6.57. The first-order valence-electron chi connectivity index (χ1n) is 12.8. The highest BCUT2D eigenvalue weighted by Gasteiger charge is 2.78. The molecule has 3 aliphatic rings. The van der Waals surface area contributed by atoms with Gasteiger partial charge in [-0.1, -0.05) is 33.3 Å². The van der Waals surface area contributed by atoms with Crippen molar-refractivity contribution < 1.29 is 24.2 Å². The van der Waals surface area contributed by atoms with Gasteiger partial charge in [-0.3, -0.25) is 14.4 Å². The van der Waals surface area contributed by atoms with Crippen LogP contribution in [0.2, 0.25) is 0 Å². The largest absolute Gasteiger partial charge is 0.466 e. The van der Waals surface area contributed by atoms with E-state index in [1.807, 2.05) is 32.6 Å². The van der Waals surface area contributed by atoms with Crippen LogP contribution in [0.1, 0.15) is 67.2 Å². The Morgan fingerprint density at radius 1 is 1.32 bits per heavy atom. The Morgan fingerprint density at radius 2 is 2.00 bits per heavy atom. The highest BCUT2D eigenvalue weighted by atomic mass is 32.2. The van der Waals surface area contributed by atoms with Gasteiger partial charge in [0.05, 0.1) is 35.8 Å². The number of hydrogen-bond acceptors (Lipinski definition) is 6. The molecule has 2 bridgehead atoms. The average molecular weight is 495 g/mol. The van der Waals surface area contributed by atoms with Gasteiger partial charge in [-0.25, -0.2) is 0 Å². The second-order valence-electron chi connectivity index (χ2n) is 10.6. The number of fused-ring (bicyclic) bond motifs is 1. The summed E-state index contributed by atoms with van der Waals surface area (Å²) in [6.07, 6.45) is 4.95. The van der Waals surface area contributed by atoms with Crippen molar-refractivity contribution in [1.82, 2.24) is 9.80 Å². The lowest BCUT2D eigenvalue weighted by molar-refractivity contribution is -0.155. The molecule has 1 N–H and O–H groups in total. The second-order valence-corrected chi connectivity index (χ2v) is 12.5. The molecule has 1 spiro atoms. The summed E-state index contributed by atoms with van der Waals surface area (Å²) in [4.78, 5) is 45.1. The van der Waals surface area contributed by atoms with Gasteiger partial charge >= 0.3 is 5.97 Å². The van der Waals surface area contributed by atoms with Crippen LogP contribution < -0.4 is 0 Å². The number of esters is 1. The van der Waals surface area contributed by atoms with Gasteiger partial charge in [-0.2, -0.15) is 0 Å². The van der Waals surface area contributed by atoms with Crippen LogP contribution in [0.3, 0.4) is 0 Å². The lowest BCUT2D eigenvalue weighted by Crippen LogP contribution is -2.59. The molecule has 3 unspecified atom stereocenters. The van der Waals surface area contributed by atoms with Gasteiger partial charge < -0.3 is 19.6 Å². The molecule has 192 valence electrons. The summed E-state index contributed by atoms with van der Waals surface area (Å²) in [6, 6.07) is -1.23. The van der Waals surface area contributed by atoms with E-state index in [4.69, 9.17) is 4.74 Å². The Labute approximate surface area is 208 Å². The summed E-state index contributed by atoms with van der Waals surface area (Å²) in [5.41, 5.74) is 0. The van der Waals surface area contributed by atoms with Gasteiger partial charge in [0.25, 0.3) is 0 Å². The molecule has 3 saturated heterocycles. The van der Waals surface area contributed by atoms with Crippen LogP contribution in [-0.4, -0.2) is 80.1 Å². The van der Waals surface area contributed by atoms with E-state index >= 15 is 0 Å². The number of hydrogen-bond donors (Lipinski definition) is 1. The first-order chi connectivity index (χ1) is 16.0. The van der Waals surface area contributed by atoms with Gasteiger partial charge in [0.15, 0.2) is 0 Å². The molecule has 7 atom stereocenters. The normalized spacial score (nSPS) is 33.7. The fourth-order valence-corrected chi connectivity index (χ4v) is 8.89. The Balaban J connectivity index is 2.15. The lowest BCUT2D eigenvalue weighted by Gasteiger charge is -2.42. The number of rotatable bonds is 11. The van der Waals surface area contributed by atoms with Crippen LogP contribution in [0, 0.1) is 17.8 Å². The van der Waals surface area contributed by atoms with Crippen molar-refractivity contribution in [3.8, 4) is 0 Å². The number of carbonyl (C=O) groups excluding carboxylic acids is 3. The van der Waals surface area contributed by atoms with Crippen molar-refractivity contribution in [3.63, 3.8) is 0 Å². The highest BCUT2D eigenvalue weighted by molar-refractivity contribution is 8.02. The third-order valence-corrected chi connectivity index (χ3v) is 10.1. The molecule has 34 heavy (non-hydrogen) atoms. The monoisotopic (exact) mass is 494 g/mol. The molecular formula is C26H42N2O5S. The van der Waals surface area contributed by atoms with Crippen LogP contribution in [0.4, 0.5) is 0 Å². The van der Waals surface area contributed by atoms with Crippen molar-refractivity contribution in [2.45, 2.75) is 94.8 Å². The van der Waals surface area contributed by atoms with E-state index < -0.39 is 33.4 Å². The average Bonchev–Trinajstić information content (AvgIpc) is 3.33. The first kappa shape index (κ1) is 27.1. The van der Waals surface area contributed by atoms with Gasteiger partial charge in [-0.15, -0.1) is 18.3 Å². The van der Waals surface area contributed by atoms with Crippen molar-refractivity contribution in [3.05, 3.63) is 12.7 Å². The molecule has 7 nitrogen and oxygen atoms in total. The first-order valence-corrected chi connectivity index (χ1v) is 13.6. The maximum absolute atomic E-state index is 14.4. The molecule has 3 aliphatic heterocycles. The van der Waals surface area contributed by atoms with E-state index in [1.165, 1.54) is 0 Å². The minimum atomic E-state index is -0.727. The molecule has 0 aromatic heterocycles. The van der Waals surface area contributed by atoms with Crippen molar-refractivity contribution in [2.75, 3.05) is 19.8 Å². The second kappa shape index (κ2) is 10.2. The molecule has 0 aromatic carbocycles. The minimum Gasteiger partial charge on any atom is -0.466 e. The fraction of sp³-hybridized carbons (Fsp3) is 0.808. The Hall–Kier alpha value is -1.54. The third-order valence-electron chi connectivity index (χ3n) is 8.15. The molecular weight excluding hydrogens is 452 g/mol. The molecule has 0 saturated carbocycles. The Bertz CT molecular complexity index is 819. The number of likely N-dealkylation sites (tertiary alicyclic amines) is 1. The number of ether oxygens (including phenoxy) is 1. The zero-order valence-electron chi connectivity index (χ0n) is 21.6. The highest BCUT2D eigenvalue weighted by Crippen LogP contribution is 2.72. The predicted octanol–water partition coefficient (Wildman–Crippen LogP) is 3.25. The SMILES string of the molecule is C=CCN(C(=O)C1N([C@@H](CO)C(C)C)C(=O)[C@@H]2[C@@H](C(=O)OCC)[C@@]3(C)CCC12S3)C(C)CCC. The van der Waals surface area contributed by atoms with Crippen molar-refractivity contribution >= 4 is 29.5 Å². The summed E-state index contributed by atoms with van der Waals surface area (Å²) in [5, 5.41) is 10.3. The number of thioether (sulfide) groups is 1. The summed E-state index contributed by atoms with van der Waals surface area (Å²) >= 11 is 1.64. The van der Waals surface area contributed by atoms with E-state index in [1.54, 1.807) is 29.7 Å². The summed E-state index contributed by atoms with van der Waals surface area (Å²) in [6.45, 7) is 16.1. The van der Waals surface area contributed by atoms with E-state index in [2.05, 4.69) is 13.5 Å². The van der Waals surface area contributed by atoms with Crippen molar-refractivity contribution in [1.29, 1.82) is 0 Å². The van der Waals surface area contributed by atoms with Crippen LogP contribution in [-0.2, 0) is 19.1 Å². The summed E-state index contributed by atoms with van der Waals surface area (Å²) in [5.74, 6) is -1.90. The quantitative estimate of drug-likeness (QED) is 0.350. The van der Waals surface area contributed by atoms with E-state index in [-0.39, 0.29) is 43.0 Å². The standard InChI is InChI=1S/C26H42N2O5S/c1-8-11-17(6)27(14-9-2)23(31)21-26-13-12-25(7,34-26)20(24(32)33-10-3)19(26)22(30)28(21)18(15-29)16(4)5/h9,16-21,29H,2,8,10-15H2,1,3-7H3/t17?,18-,19-,20-,21?,25+,26?/m0/s1. The molecule has 3 rings (SSSR count). The molecule has 0 aromatic rings. The molecule has 3 heterocycles. The van der Waals surface area contributed by atoms with E-state index in [0.717, 1.165) is 19.3 Å². The zero-order valence-corrected chi connectivity index (χ0v) is 22.4. The maximum Gasteiger partial charge on any atom is 0.311 e.